The number of nitrogens with two attached hydrogens (primary N) is 1. The van der Waals surface area contributed by atoms with Gasteiger partial charge in [-0.3, -0.25) is 0 Å². The van der Waals surface area contributed by atoms with E-state index in [1.54, 1.807) is 11.8 Å². The molecule has 0 saturated carbocycles. The molecule has 3 nitrogen and oxygen atoms in total. The standard InChI is InChI=1S/C12H18N2OS/c1-9-5-10(6-13)7-14-12(9)16-8-11-3-2-4-15-11/h5,7,11H,2-4,6,8,13H2,1H3. The lowest BCUT2D eigenvalue weighted by Gasteiger charge is -2.10. The molecular formula is C12H18N2OS. The van der Waals surface area contributed by atoms with Gasteiger partial charge in [0.2, 0.25) is 0 Å². The molecule has 1 saturated heterocycles. The average Bonchev–Trinajstić information content (AvgIpc) is 2.80. The maximum atomic E-state index is 5.59. The van der Waals surface area contributed by atoms with Crippen molar-refractivity contribution >= 4 is 11.8 Å². The molecule has 1 atom stereocenters. The molecule has 0 amide bonds. The van der Waals surface area contributed by atoms with Crippen LogP contribution in [0.3, 0.4) is 0 Å². The molecule has 0 aliphatic carbocycles. The summed E-state index contributed by atoms with van der Waals surface area (Å²) in [6.07, 6.45) is 4.67. The van der Waals surface area contributed by atoms with Gasteiger partial charge in [0.15, 0.2) is 0 Å². The fourth-order valence-electron chi connectivity index (χ4n) is 1.83. The molecule has 1 aliphatic heterocycles. The van der Waals surface area contributed by atoms with E-state index in [1.807, 2.05) is 6.20 Å². The molecule has 88 valence electrons. The van der Waals surface area contributed by atoms with Gasteiger partial charge in [0, 0.05) is 25.1 Å². The summed E-state index contributed by atoms with van der Waals surface area (Å²) in [5.74, 6) is 1.01. The third-order valence-corrected chi connectivity index (χ3v) is 3.99. The van der Waals surface area contributed by atoms with Crippen LogP contribution < -0.4 is 5.73 Å². The normalized spacial score (nSPS) is 20.2. The van der Waals surface area contributed by atoms with Gasteiger partial charge in [-0.25, -0.2) is 4.98 Å². The van der Waals surface area contributed by atoms with Crippen LogP contribution in [0.2, 0.25) is 0 Å². The Balaban J connectivity index is 1.93. The minimum atomic E-state index is 0.417. The van der Waals surface area contributed by atoms with Gasteiger partial charge in [-0.2, -0.15) is 0 Å². The Morgan fingerprint density at radius 2 is 2.50 bits per heavy atom. The molecule has 1 fully saturated rings. The summed E-state index contributed by atoms with van der Waals surface area (Å²) in [6.45, 7) is 3.57. The Hall–Kier alpha value is -0.580. The summed E-state index contributed by atoms with van der Waals surface area (Å²) in [6, 6.07) is 2.12. The van der Waals surface area contributed by atoms with Crippen molar-refractivity contribution in [2.45, 2.75) is 37.4 Å². The lowest BCUT2D eigenvalue weighted by molar-refractivity contribution is 0.129. The molecule has 0 bridgehead atoms. The van der Waals surface area contributed by atoms with Crippen molar-refractivity contribution in [2.75, 3.05) is 12.4 Å². The van der Waals surface area contributed by atoms with Crippen LogP contribution >= 0.6 is 11.8 Å². The van der Waals surface area contributed by atoms with Gasteiger partial charge in [-0.05, 0) is 30.9 Å². The first kappa shape index (κ1) is 11.9. The lowest BCUT2D eigenvalue weighted by atomic mass is 10.2. The molecule has 2 rings (SSSR count). The molecule has 4 heteroatoms. The van der Waals surface area contributed by atoms with Crippen molar-refractivity contribution in [2.24, 2.45) is 5.73 Å². The number of aromatic nitrogens is 1. The summed E-state index contributed by atoms with van der Waals surface area (Å²) < 4.78 is 5.59. The van der Waals surface area contributed by atoms with Crippen LogP contribution in [-0.2, 0) is 11.3 Å². The van der Waals surface area contributed by atoms with Crippen LogP contribution in [0, 0.1) is 6.92 Å². The number of pyridine rings is 1. The number of nitrogens with zero attached hydrogens (tertiary/aromatic N) is 1. The monoisotopic (exact) mass is 238 g/mol. The number of ether oxygens (including phenoxy) is 1. The SMILES string of the molecule is Cc1cc(CN)cnc1SCC1CCCO1. The van der Waals surface area contributed by atoms with E-state index in [0.717, 1.165) is 22.9 Å². The molecule has 0 aromatic carbocycles. The second-order valence-electron chi connectivity index (χ2n) is 4.12. The van der Waals surface area contributed by atoms with E-state index in [1.165, 1.54) is 18.4 Å². The number of hydrogen-bond donors (Lipinski definition) is 1. The second-order valence-corrected chi connectivity index (χ2v) is 5.12. The first-order valence-electron chi connectivity index (χ1n) is 5.69. The molecular weight excluding hydrogens is 220 g/mol. The highest BCUT2D eigenvalue weighted by atomic mass is 32.2. The molecule has 1 aromatic rings. The number of aryl methyl sites for hydroxylation is 1. The Morgan fingerprint density at radius 3 is 3.12 bits per heavy atom. The molecule has 2 heterocycles. The van der Waals surface area contributed by atoms with E-state index in [2.05, 4.69) is 18.0 Å². The zero-order valence-electron chi connectivity index (χ0n) is 9.61. The summed E-state index contributed by atoms with van der Waals surface area (Å²) >= 11 is 1.79. The zero-order chi connectivity index (χ0) is 11.4. The molecule has 1 aromatic heterocycles. The highest BCUT2D eigenvalue weighted by molar-refractivity contribution is 7.99. The highest BCUT2D eigenvalue weighted by Gasteiger charge is 2.16. The molecule has 0 spiro atoms. The molecule has 2 N–H and O–H groups in total. The van der Waals surface area contributed by atoms with Crippen molar-refractivity contribution in [1.29, 1.82) is 0 Å². The summed E-state index contributed by atoms with van der Waals surface area (Å²) in [5.41, 5.74) is 7.89. The lowest BCUT2D eigenvalue weighted by Crippen LogP contribution is -2.08. The first-order chi connectivity index (χ1) is 7.79. The minimum Gasteiger partial charge on any atom is -0.377 e. The third kappa shape index (κ3) is 2.97. The van der Waals surface area contributed by atoms with Crippen molar-refractivity contribution in [3.05, 3.63) is 23.4 Å². The fraction of sp³-hybridized carbons (Fsp3) is 0.583. The average molecular weight is 238 g/mol. The Labute approximate surface area is 101 Å². The van der Waals surface area contributed by atoms with Crippen molar-refractivity contribution in [3.63, 3.8) is 0 Å². The zero-order valence-corrected chi connectivity index (χ0v) is 10.4. The van der Waals surface area contributed by atoms with E-state index >= 15 is 0 Å². The second kappa shape index (κ2) is 5.66. The third-order valence-electron chi connectivity index (χ3n) is 2.75. The molecule has 1 unspecified atom stereocenters. The fourth-order valence-corrected chi connectivity index (χ4v) is 2.85. The van der Waals surface area contributed by atoms with Crippen molar-refractivity contribution in [3.8, 4) is 0 Å². The van der Waals surface area contributed by atoms with E-state index in [4.69, 9.17) is 10.5 Å². The number of rotatable bonds is 4. The predicted octanol–water partition coefficient (Wildman–Crippen LogP) is 2.12. The molecule has 16 heavy (non-hydrogen) atoms. The van der Waals surface area contributed by atoms with Gasteiger partial charge in [-0.1, -0.05) is 6.07 Å². The van der Waals surface area contributed by atoms with Gasteiger partial charge in [0.05, 0.1) is 11.1 Å². The number of hydrogen-bond acceptors (Lipinski definition) is 4. The van der Waals surface area contributed by atoms with Gasteiger partial charge in [-0.15, -0.1) is 11.8 Å². The Kier molecular flexibility index (Phi) is 4.21. The Bertz CT molecular complexity index is 351. The van der Waals surface area contributed by atoms with E-state index in [-0.39, 0.29) is 0 Å². The van der Waals surface area contributed by atoms with Crippen LogP contribution in [-0.4, -0.2) is 23.4 Å². The Morgan fingerprint density at radius 1 is 1.62 bits per heavy atom. The smallest absolute Gasteiger partial charge is 0.0990 e. The summed E-state index contributed by atoms with van der Waals surface area (Å²) in [7, 11) is 0. The van der Waals surface area contributed by atoms with Crippen molar-refractivity contribution < 1.29 is 4.74 Å². The maximum Gasteiger partial charge on any atom is 0.0990 e. The largest absolute Gasteiger partial charge is 0.377 e. The first-order valence-corrected chi connectivity index (χ1v) is 6.68. The highest BCUT2D eigenvalue weighted by Crippen LogP contribution is 2.24. The van der Waals surface area contributed by atoms with Gasteiger partial charge >= 0.3 is 0 Å². The van der Waals surface area contributed by atoms with Gasteiger partial charge < -0.3 is 10.5 Å². The quantitative estimate of drug-likeness (QED) is 0.816. The predicted molar refractivity (Wildman–Crippen MR) is 66.6 cm³/mol. The number of thioether (sulfide) groups is 1. The van der Waals surface area contributed by atoms with Gasteiger partial charge in [0.25, 0.3) is 0 Å². The van der Waals surface area contributed by atoms with Gasteiger partial charge in [0.1, 0.15) is 0 Å². The van der Waals surface area contributed by atoms with Crippen LogP contribution in [0.25, 0.3) is 0 Å². The van der Waals surface area contributed by atoms with Crippen LogP contribution in [0.4, 0.5) is 0 Å². The van der Waals surface area contributed by atoms with E-state index < -0.39 is 0 Å². The van der Waals surface area contributed by atoms with Crippen LogP contribution in [0.5, 0.6) is 0 Å². The van der Waals surface area contributed by atoms with E-state index in [0.29, 0.717) is 12.6 Å². The summed E-state index contributed by atoms with van der Waals surface area (Å²) in [4.78, 5) is 4.44. The summed E-state index contributed by atoms with van der Waals surface area (Å²) in [5, 5.41) is 1.10. The van der Waals surface area contributed by atoms with Crippen LogP contribution in [0.15, 0.2) is 17.3 Å². The topological polar surface area (TPSA) is 48.1 Å². The van der Waals surface area contributed by atoms with E-state index in [9.17, 15) is 0 Å². The molecule has 0 radical (unpaired) electrons. The van der Waals surface area contributed by atoms with Crippen LogP contribution in [0.1, 0.15) is 24.0 Å². The van der Waals surface area contributed by atoms with Crippen molar-refractivity contribution in [1.82, 2.24) is 4.98 Å². The maximum absolute atomic E-state index is 5.59. The minimum absolute atomic E-state index is 0.417. The molecule has 1 aliphatic rings.